The van der Waals surface area contributed by atoms with Crippen molar-refractivity contribution < 1.29 is 5.11 Å². The van der Waals surface area contributed by atoms with Gasteiger partial charge in [0, 0.05) is 31.5 Å². The van der Waals surface area contributed by atoms with E-state index in [1.807, 2.05) is 0 Å². The largest absolute Gasteiger partial charge is 0.392 e. The van der Waals surface area contributed by atoms with Crippen LogP contribution in [-0.4, -0.2) is 33.8 Å². The molecule has 2 rings (SSSR count). The summed E-state index contributed by atoms with van der Waals surface area (Å²) in [5.74, 6) is 0.675. The SMILES string of the molecule is CCCC(O)CN(CCC(C)C)Cc1cccn1Cc1ccc(C(C)(C)C)cc1. The Labute approximate surface area is 178 Å². The highest BCUT2D eigenvalue weighted by Gasteiger charge is 2.15. The summed E-state index contributed by atoms with van der Waals surface area (Å²) in [4.78, 5) is 2.43. The quantitative estimate of drug-likeness (QED) is 0.515. The van der Waals surface area contributed by atoms with Crippen molar-refractivity contribution in [1.29, 1.82) is 0 Å². The second-order valence-corrected chi connectivity index (χ2v) is 9.93. The Balaban J connectivity index is 2.07. The molecule has 0 bridgehead atoms. The summed E-state index contributed by atoms with van der Waals surface area (Å²) in [5.41, 5.74) is 4.21. The van der Waals surface area contributed by atoms with Crippen molar-refractivity contribution in [3.63, 3.8) is 0 Å². The van der Waals surface area contributed by atoms with Crippen molar-refractivity contribution in [2.24, 2.45) is 5.92 Å². The van der Waals surface area contributed by atoms with E-state index in [4.69, 9.17) is 0 Å². The molecule has 1 heterocycles. The molecule has 2 aromatic rings. The van der Waals surface area contributed by atoms with Crippen LogP contribution in [0.4, 0.5) is 0 Å². The predicted molar refractivity (Wildman–Crippen MR) is 124 cm³/mol. The third kappa shape index (κ3) is 7.98. The van der Waals surface area contributed by atoms with Crippen LogP contribution in [0.2, 0.25) is 0 Å². The summed E-state index contributed by atoms with van der Waals surface area (Å²) >= 11 is 0. The van der Waals surface area contributed by atoms with Gasteiger partial charge in [0.15, 0.2) is 0 Å². The molecule has 0 radical (unpaired) electrons. The third-order valence-corrected chi connectivity index (χ3v) is 5.60. The lowest BCUT2D eigenvalue weighted by atomic mass is 9.87. The normalized spacial score (nSPS) is 13.4. The van der Waals surface area contributed by atoms with Crippen LogP contribution in [0, 0.1) is 5.92 Å². The van der Waals surface area contributed by atoms with E-state index in [0.717, 1.165) is 45.4 Å². The summed E-state index contributed by atoms with van der Waals surface area (Å²) in [6.45, 7) is 17.0. The Bertz CT molecular complexity index is 709. The number of aromatic nitrogens is 1. The molecule has 0 saturated carbocycles. The summed E-state index contributed by atoms with van der Waals surface area (Å²) in [5, 5.41) is 10.4. The van der Waals surface area contributed by atoms with Crippen molar-refractivity contribution in [2.75, 3.05) is 13.1 Å². The fourth-order valence-electron chi connectivity index (χ4n) is 3.68. The van der Waals surface area contributed by atoms with E-state index in [-0.39, 0.29) is 11.5 Å². The highest BCUT2D eigenvalue weighted by Crippen LogP contribution is 2.22. The summed E-state index contributed by atoms with van der Waals surface area (Å²) in [6, 6.07) is 13.4. The van der Waals surface area contributed by atoms with Crippen LogP contribution in [0.3, 0.4) is 0 Å². The molecule has 0 fully saturated rings. The average molecular weight is 399 g/mol. The van der Waals surface area contributed by atoms with E-state index in [9.17, 15) is 5.11 Å². The van der Waals surface area contributed by atoms with Gasteiger partial charge in [-0.05, 0) is 54.0 Å². The van der Waals surface area contributed by atoms with Crippen LogP contribution in [0.5, 0.6) is 0 Å². The molecule has 29 heavy (non-hydrogen) atoms. The molecule has 0 saturated heterocycles. The zero-order valence-electron chi connectivity index (χ0n) is 19.5. The number of hydrogen-bond acceptors (Lipinski definition) is 2. The monoisotopic (exact) mass is 398 g/mol. The first-order valence-electron chi connectivity index (χ1n) is 11.3. The first-order chi connectivity index (χ1) is 13.7. The highest BCUT2D eigenvalue weighted by molar-refractivity contribution is 5.28. The van der Waals surface area contributed by atoms with Crippen molar-refractivity contribution in [3.05, 3.63) is 59.4 Å². The molecule has 0 aliphatic carbocycles. The average Bonchev–Trinajstić information content (AvgIpc) is 3.06. The first kappa shape index (κ1) is 23.7. The Morgan fingerprint density at radius 3 is 2.31 bits per heavy atom. The van der Waals surface area contributed by atoms with Crippen molar-refractivity contribution in [1.82, 2.24) is 9.47 Å². The third-order valence-electron chi connectivity index (χ3n) is 5.60. The van der Waals surface area contributed by atoms with Gasteiger partial charge in [0.25, 0.3) is 0 Å². The Hall–Kier alpha value is -1.58. The standard InChI is InChI=1S/C26H42N2O/c1-7-9-25(29)20-27(17-15-21(2)3)19-24-10-8-16-28(24)18-22-11-13-23(14-12-22)26(4,5)6/h8,10-14,16,21,25,29H,7,9,15,17-20H2,1-6H3. The van der Waals surface area contributed by atoms with Crippen molar-refractivity contribution >= 4 is 0 Å². The molecule has 1 atom stereocenters. The minimum absolute atomic E-state index is 0.188. The lowest BCUT2D eigenvalue weighted by Crippen LogP contribution is -2.34. The molecule has 1 aromatic heterocycles. The molecular weight excluding hydrogens is 356 g/mol. The van der Waals surface area contributed by atoms with Gasteiger partial charge in [-0.15, -0.1) is 0 Å². The molecule has 0 amide bonds. The fourth-order valence-corrected chi connectivity index (χ4v) is 3.68. The minimum atomic E-state index is -0.236. The van der Waals surface area contributed by atoms with Crippen molar-refractivity contribution in [3.8, 4) is 0 Å². The van der Waals surface area contributed by atoms with Crippen LogP contribution in [0.1, 0.15) is 77.6 Å². The number of hydrogen-bond donors (Lipinski definition) is 1. The number of nitrogens with zero attached hydrogens (tertiary/aromatic N) is 2. The molecule has 0 aliphatic rings. The molecule has 1 aromatic carbocycles. The number of aliphatic hydroxyl groups excluding tert-OH is 1. The van der Waals surface area contributed by atoms with E-state index >= 15 is 0 Å². The highest BCUT2D eigenvalue weighted by atomic mass is 16.3. The van der Waals surface area contributed by atoms with E-state index < -0.39 is 0 Å². The van der Waals surface area contributed by atoms with Crippen LogP contribution < -0.4 is 0 Å². The molecule has 0 spiro atoms. The first-order valence-corrected chi connectivity index (χ1v) is 11.3. The van der Waals surface area contributed by atoms with Gasteiger partial charge in [-0.2, -0.15) is 0 Å². The fraction of sp³-hybridized carbons (Fsp3) is 0.615. The second-order valence-electron chi connectivity index (χ2n) is 9.93. The molecule has 1 unspecified atom stereocenters. The van der Waals surface area contributed by atoms with Crippen LogP contribution in [0.25, 0.3) is 0 Å². The van der Waals surface area contributed by atoms with Gasteiger partial charge in [-0.3, -0.25) is 4.90 Å². The van der Waals surface area contributed by atoms with E-state index in [2.05, 4.69) is 93.6 Å². The topological polar surface area (TPSA) is 28.4 Å². The Morgan fingerprint density at radius 1 is 1.03 bits per heavy atom. The number of benzene rings is 1. The Kier molecular flexibility index (Phi) is 8.98. The van der Waals surface area contributed by atoms with E-state index in [0.29, 0.717) is 5.92 Å². The lowest BCUT2D eigenvalue weighted by molar-refractivity contribution is 0.0969. The van der Waals surface area contributed by atoms with Crippen molar-refractivity contribution in [2.45, 2.75) is 85.4 Å². The van der Waals surface area contributed by atoms with Gasteiger partial charge in [0.2, 0.25) is 0 Å². The van der Waals surface area contributed by atoms with E-state index in [1.165, 1.54) is 16.8 Å². The lowest BCUT2D eigenvalue weighted by Gasteiger charge is -2.26. The van der Waals surface area contributed by atoms with Gasteiger partial charge in [-0.25, -0.2) is 0 Å². The molecule has 0 aliphatic heterocycles. The predicted octanol–water partition coefficient (Wildman–Crippen LogP) is 5.84. The maximum absolute atomic E-state index is 10.4. The summed E-state index contributed by atoms with van der Waals surface area (Å²) < 4.78 is 2.35. The molecule has 162 valence electrons. The maximum Gasteiger partial charge on any atom is 0.0667 e. The molecule has 3 nitrogen and oxygen atoms in total. The van der Waals surface area contributed by atoms with Gasteiger partial charge in [0.05, 0.1) is 6.10 Å². The zero-order chi connectivity index (χ0) is 21.4. The summed E-state index contributed by atoms with van der Waals surface area (Å²) in [7, 11) is 0. The molecule has 1 N–H and O–H groups in total. The van der Waals surface area contributed by atoms with Crippen LogP contribution in [0.15, 0.2) is 42.6 Å². The van der Waals surface area contributed by atoms with Gasteiger partial charge in [0.1, 0.15) is 0 Å². The smallest absolute Gasteiger partial charge is 0.0667 e. The van der Waals surface area contributed by atoms with Gasteiger partial charge in [-0.1, -0.05) is 72.2 Å². The van der Waals surface area contributed by atoms with Gasteiger partial charge < -0.3 is 9.67 Å². The van der Waals surface area contributed by atoms with E-state index in [1.54, 1.807) is 0 Å². The summed E-state index contributed by atoms with van der Waals surface area (Å²) in [6.07, 6.45) is 5.00. The minimum Gasteiger partial charge on any atom is -0.392 e. The second kappa shape index (κ2) is 11.0. The van der Waals surface area contributed by atoms with Crippen LogP contribution in [-0.2, 0) is 18.5 Å². The Morgan fingerprint density at radius 2 is 1.72 bits per heavy atom. The zero-order valence-corrected chi connectivity index (χ0v) is 19.5. The number of rotatable bonds is 11. The molecule has 3 heteroatoms. The van der Waals surface area contributed by atoms with Gasteiger partial charge >= 0.3 is 0 Å². The maximum atomic E-state index is 10.4. The molecular formula is C26H42N2O. The number of aliphatic hydroxyl groups is 1. The van der Waals surface area contributed by atoms with Crippen LogP contribution >= 0.6 is 0 Å².